The van der Waals surface area contributed by atoms with E-state index >= 15 is 0 Å². The Morgan fingerprint density at radius 3 is 2.54 bits per heavy atom. The van der Waals surface area contributed by atoms with Gasteiger partial charge in [0.05, 0.1) is 18.2 Å². The molecule has 0 aromatic heterocycles. The van der Waals surface area contributed by atoms with E-state index in [0.29, 0.717) is 11.1 Å². The van der Waals surface area contributed by atoms with Crippen LogP contribution in [-0.2, 0) is 14.3 Å². The van der Waals surface area contributed by atoms with Crippen LogP contribution in [0, 0.1) is 0 Å². The second kappa shape index (κ2) is 6.80. The number of hydrogen-bond donors (Lipinski definition) is 0. The van der Waals surface area contributed by atoms with Crippen LogP contribution in [-0.4, -0.2) is 24.9 Å². The Bertz CT molecular complexity index is 869. The lowest BCUT2D eigenvalue weighted by Gasteiger charge is -2.01. The highest BCUT2D eigenvalue weighted by Gasteiger charge is 2.25. The van der Waals surface area contributed by atoms with Gasteiger partial charge < -0.3 is 9.47 Å². The number of carbonyl (C=O) groups excluding carboxylic acids is 2. The summed E-state index contributed by atoms with van der Waals surface area (Å²) in [6.07, 6.45) is 1.60. The lowest BCUT2D eigenvalue weighted by molar-refractivity contribution is -0.129. The predicted molar refractivity (Wildman–Crippen MR) is 92.5 cm³/mol. The fraction of sp³-hybridized carbons (Fsp3) is 0.0556. The molecule has 120 valence electrons. The third-order valence-electron chi connectivity index (χ3n) is 3.36. The fourth-order valence-corrected chi connectivity index (χ4v) is 2.60. The minimum absolute atomic E-state index is 0.201. The average molecular weight is 386 g/mol. The molecule has 5 nitrogen and oxygen atoms in total. The maximum Gasteiger partial charge on any atom is 0.363 e. The molecule has 1 aliphatic heterocycles. The molecule has 0 N–H and O–H groups in total. The van der Waals surface area contributed by atoms with Crippen molar-refractivity contribution in [2.75, 3.05) is 7.11 Å². The molecule has 2 aromatic rings. The van der Waals surface area contributed by atoms with Gasteiger partial charge in [0, 0.05) is 4.47 Å². The Morgan fingerprint density at radius 1 is 1.17 bits per heavy atom. The van der Waals surface area contributed by atoms with Gasteiger partial charge in [0.2, 0.25) is 5.90 Å². The van der Waals surface area contributed by atoms with Gasteiger partial charge in [0.1, 0.15) is 0 Å². The van der Waals surface area contributed by atoms with Crippen molar-refractivity contribution in [3.63, 3.8) is 0 Å². The van der Waals surface area contributed by atoms with Crippen LogP contribution in [0.4, 0.5) is 0 Å². The maximum atomic E-state index is 12.0. The zero-order valence-corrected chi connectivity index (χ0v) is 14.2. The summed E-state index contributed by atoms with van der Waals surface area (Å²) in [6, 6.07) is 14.0. The SMILES string of the molecule is COC(=O)c1ccc(/C=C2\N=C(c3ccccc3Br)OC2=O)cc1. The molecule has 0 aliphatic carbocycles. The van der Waals surface area contributed by atoms with Crippen LogP contribution in [0.5, 0.6) is 0 Å². The van der Waals surface area contributed by atoms with Gasteiger partial charge in [-0.3, -0.25) is 0 Å². The largest absolute Gasteiger partial charge is 0.465 e. The van der Waals surface area contributed by atoms with Crippen molar-refractivity contribution >= 4 is 39.8 Å². The summed E-state index contributed by atoms with van der Waals surface area (Å²) < 4.78 is 10.7. The van der Waals surface area contributed by atoms with Crippen LogP contribution < -0.4 is 0 Å². The van der Waals surface area contributed by atoms with Gasteiger partial charge in [-0.25, -0.2) is 14.6 Å². The van der Waals surface area contributed by atoms with Crippen molar-refractivity contribution in [3.05, 3.63) is 75.4 Å². The van der Waals surface area contributed by atoms with Gasteiger partial charge >= 0.3 is 11.9 Å². The van der Waals surface area contributed by atoms with Crippen molar-refractivity contribution in [1.82, 2.24) is 0 Å². The molecule has 2 aromatic carbocycles. The van der Waals surface area contributed by atoms with Gasteiger partial charge in [0.25, 0.3) is 0 Å². The quantitative estimate of drug-likeness (QED) is 0.598. The Balaban J connectivity index is 1.89. The number of halogens is 1. The number of aliphatic imine (C=N–C) groups is 1. The highest BCUT2D eigenvalue weighted by molar-refractivity contribution is 9.10. The molecule has 3 rings (SSSR count). The first-order valence-electron chi connectivity index (χ1n) is 7.04. The lowest BCUT2D eigenvalue weighted by atomic mass is 10.1. The number of methoxy groups -OCH3 is 1. The maximum absolute atomic E-state index is 12.0. The number of hydrogen-bond acceptors (Lipinski definition) is 5. The number of carbonyl (C=O) groups is 2. The van der Waals surface area contributed by atoms with Crippen LogP contribution in [0.15, 0.2) is 63.7 Å². The van der Waals surface area contributed by atoms with Crippen molar-refractivity contribution in [1.29, 1.82) is 0 Å². The van der Waals surface area contributed by atoms with Crippen LogP contribution in [0.25, 0.3) is 6.08 Å². The molecule has 1 heterocycles. The van der Waals surface area contributed by atoms with Gasteiger partial charge in [-0.1, -0.05) is 24.3 Å². The summed E-state index contributed by atoms with van der Waals surface area (Å²) in [4.78, 5) is 27.7. The molecule has 1 aliphatic rings. The van der Waals surface area contributed by atoms with Gasteiger partial charge in [-0.05, 0) is 51.8 Å². The third kappa shape index (κ3) is 3.28. The topological polar surface area (TPSA) is 65.0 Å². The summed E-state index contributed by atoms with van der Waals surface area (Å²) >= 11 is 3.41. The first-order chi connectivity index (χ1) is 11.6. The first-order valence-corrected chi connectivity index (χ1v) is 7.83. The molecule has 0 unspecified atom stereocenters. The van der Waals surface area contributed by atoms with Crippen molar-refractivity contribution < 1.29 is 19.1 Å². The standard InChI is InChI=1S/C18H12BrNO4/c1-23-17(21)12-8-6-11(7-9-12)10-15-18(22)24-16(20-15)13-4-2-3-5-14(13)19/h2-10H,1H3/b15-10-. The van der Waals surface area contributed by atoms with Crippen molar-refractivity contribution in [2.24, 2.45) is 4.99 Å². The van der Waals surface area contributed by atoms with E-state index in [2.05, 4.69) is 25.7 Å². The molecule has 0 spiro atoms. The molecule has 0 amide bonds. The minimum atomic E-state index is -0.516. The summed E-state index contributed by atoms with van der Waals surface area (Å²) in [7, 11) is 1.32. The molecule has 0 radical (unpaired) electrons. The molecule has 6 heteroatoms. The van der Waals surface area contributed by atoms with Gasteiger partial charge in [-0.15, -0.1) is 0 Å². The molecule has 0 saturated heterocycles. The second-order valence-corrected chi connectivity index (χ2v) is 5.78. The molecule has 0 saturated carbocycles. The molecule has 24 heavy (non-hydrogen) atoms. The van der Waals surface area contributed by atoms with Gasteiger partial charge in [0.15, 0.2) is 5.70 Å². The molecule has 0 atom stereocenters. The number of rotatable bonds is 3. The van der Waals surface area contributed by atoms with E-state index < -0.39 is 11.9 Å². The summed E-state index contributed by atoms with van der Waals surface area (Å²) in [5.41, 5.74) is 2.07. The monoisotopic (exact) mass is 385 g/mol. The average Bonchev–Trinajstić information content (AvgIpc) is 2.95. The Labute approximate surface area is 146 Å². The van der Waals surface area contributed by atoms with E-state index in [1.165, 1.54) is 7.11 Å². The second-order valence-electron chi connectivity index (χ2n) is 4.93. The molecular weight excluding hydrogens is 374 g/mol. The molecule has 0 bridgehead atoms. The highest BCUT2D eigenvalue weighted by atomic mass is 79.9. The van der Waals surface area contributed by atoms with Crippen LogP contribution >= 0.6 is 15.9 Å². The summed E-state index contributed by atoms with van der Waals surface area (Å²) in [6.45, 7) is 0. The minimum Gasteiger partial charge on any atom is -0.465 e. The number of ether oxygens (including phenoxy) is 2. The predicted octanol–water partition coefficient (Wildman–Crippen LogP) is 3.58. The van der Waals surface area contributed by atoms with E-state index in [0.717, 1.165) is 10.0 Å². The molecular formula is C18H12BrNO4. The van der Waals surface area contributed by atoms with Crippen LogP contribution in [0.2, 0.25) is 0 Å². The van der Waals surface area contributed by atoms with E-state index in [1.807, 2.05) is 24.3 Å². The van der Waals surface area contributed by atoms with Crippen molar-refractivity contribution in [2.45, 2.75) is 0 Å². The Morgan fingerprint density at radius 2 is 1.88 bits per heavy atom. The summed E-state index contributed by atoms with van der Waals surface area (Å²) in [5.74, 6) is -0.675. The first kappa shape index (κ1) is 16.1. The normalized spacial score (nSPS) is 15.2. The van der Waals surface area contributed by atoms with E-state index in [-0.39, 0.29) is 11.6 Å². The van der Waals surface area contributed by atoms with E-state index in [1.54, 1.807) is 30.3 Å². The number of nitrogens with zero attached hydrogens (tertiary/aromatic N) is 1. The smallest absolute Gasteiger partial charge is 0.363 e. The van der Waals surface area contributed by atoms with Gasteiger partial charge in [-0.2, -0.15) is 0 Å². The zero-order valence-electron chi connectivity index (χ0n) is 12.7. The van der Waals surface area contributed by atoms with Crippen molar-refractivity contribution in [3.8, 4) is 0 Å². The van der Waals surface area contributed by atoms with E-state index in [9.17, 15) is 9.59 Å². The summed E-state index contributed by atoms with van der Waals surface area (Å²) in [5, 5.41) is 0. The van der Waals surface area contributed by atoms with E-state index in [4.69, 9.17) is 4.74 Å². The third-order valence-corrected chi connectivity index (χ3v) is 4.05. The van der Waals surface area contributed by atoms with Crippen LogP contribution in [0.3, 0.4) is 0 Å². The molecule has 0 fully saturated rings. The Hall–Kier alpha value is -2.73. The fourth-order valence-electron chi connectivity index (χ4n) is 2.15. The Kier molecular flexibility index (Phi) is 4.57. The number of esters is 2. The number of cyclic esters (lactones) is 1. The zero-order chi connectivity index (χ0) is 17.1. The highest BCUT2D eigenvalue weighted by Crippen LogP contribution is 2.24. The lowest BCUT2D eigenvalue weighted by Crippen LogP contribution is -2.05. The van der Waals surface area contributed by atoms with Crippen LogP contribution in [0.1, 0.15) is 21.5 Å². The number of benzene rings is 2.